The van der Waals surface area contributed by atoms with Crippen molar-refractivity contribution in [3.63, 3.8) is 0 Å². The summed E-state index contributed by atoms with van der Waals surface area (Å²) in [4.78, 5) is 91.5. The van der Waals surface area contributed by atoms with Gasteiger partial charge in [0.05, 0.1) is 12.2 Å². The van der Waals surface area contributed by atoms with Gasteiger partial charge >= 0.3 is 0 Å². The van der Waals surface area contributed by atoms with Crippen molar-refractivity contribution >= 4 is 35.3 Å². The molecule has 1 saturated heterocycles. The van der Waals surface area contributed by atoms with Crippen LogP contribution in [0.15, 0.2) is 31.2 Å². The zero-order valence-corrected chi connectivity index (χ0v) is 30.0. The number of ketones is 1. The summed E-state index contributed by atoms with van der Waals surface area (Å²) < 4.78 is 0. The normalized spacial score (nSPS) is 24.5. The Morgan fingerprint density at radius 3 is 2.30 bits per heavy atom. The van der Waals surface area contributed by atoms with Crippen LogP contribution in [0.4, 0.5) is 0 Å². The Labute approximate surface area is 294 Å². The molecule has 1 aromatic heterocycles. The monoisotopic (exact) mass is 691 g/mol. The van der Waals surface area contributed by atoms with Crippen molar-refractivity contribution in [2.45, 2.75) is 110 Å². The van der Waals surface area contributed by atoms with E-state index >= 15 is 0 Å². The molecular formula is C37H53N7O6. The maximum absolute atomic E-state index is 14.6. The van der Waals surface area contributed by atoms with Crippen LogP contribution in [0.5, 0.6) is 0 Å². The highest BCUT2D eigenvalue weighted by Gasteiger charge is 2.70. The maximum Gasteiger partial charge on any atom is 0.289 e. The van der Waals surface area contributed by atoms with E-state index in [4.69, 9.17) is 0 Å². The minimum atomic E-state index is -1.01. The zero-order valence-electron chi connectivity index (χ0n) is 30.0. The Kier molecular flexibility index (Phi) is 11.1. The fraction of sp³-hybridized carbons (Fsp3) is 0.676. The highest BCUT2D eigenvalue weighted by Crippen LogP contribution is 2.65. The van der Waals surface area contributed by atoms with E-state index in [-0.39, 0.29) is 41.3 Å². The van der Waals surface area contributed by atoms with Crippen molar-refractivity contribution in [2.75, 3.05) is 13.1 Å². The molecule has 0 aromatic carbocycles. The molecule has 3 aliphatic carbocycles. The van der Waals surface area contributed by atoms with Gasteiger partial charge in [0.2, 0.25) is 23.5 Å². The number of Topliss-reactive ketones (excluding diaryl/α,β-unsaturated/α-hetero) is 1. The molecule has 5 rings (SSSR count). The summed E-state index contributed by atoms with van der Waals surface area (Å²) >= 11 is 0. The second-order valence-corrected chi connectivity index (χ2v) is 16.2. The number of hydrogen-bond donors (Lipinski definition) is 4. The zero-order chi connectivity index (χ0) is 36.4. The first-order valence-corrected chi connectivity index (χ1v) is 18.1. The number of likely N-dealkylation sites (tertiary alicyclic amines) is 1. The third-order valence-electron chi connectivity index (χ3n) is 11.2. The van der Waals surface area contributed by atoms with E-state index < -0.39 is 64.9 Å². The second-order valence-electron chi connectivity index (χ2n) is 16.2. The number of piperidine rings is 1. The number of hydrogen-bond acceptors (Lipinski definition) is 8. The summed E-state index contributed by atoms with van der Waals surface area (Å²) in [6, 6.07) is -3.79. The molecule has 0 spiro atoms. The predicted molar refractivity (Wildman–Crippen MR) is 185 cm³/mol. The molecule has 4 aliphatic rings. The van der Waals surface area contributed by atoms with Gasteiger partial charge in [-0.25, -0.2) is 4.98 Å². The molecule has 1 aromatic rings. The van der Waals surface area contributed by atoms with Gasteiger partial charge in [-0.2, -0.15) is 0 Å². The summed E-state index contributed by atoms with van der Waals surface area (Å²) in [6.07, 6.45) is 12.3. The van der Waals surface area contributed by atoms with Crippen molar-refractivity contribution in [1.82, 2.24) is 36.1 Å². The van der Waals surface area contributed by atoms with E-state index in [0.29, 0.717) is 13.0 Å². The van der Waals surface area contributed by atoms with Gasteiger partial charge in [-0.1, -0.05) is 72.8 Å². The fourth-order valence-electron chi connectivity index (χ4n) is 7.94. The van der Waals surface area contributed by atoms with Crippen LogP contribution in [0.25, 0.3) is 0 Å². The van der Waals surface area contributed by atoms with Gasteiger partial charge < -0.3 is 26.2 Å². The minimum Gasteiger partial charge on any atom is -0.346 e. The number of carbonyl (C=O) groups is 6. The average Bonchev–Trinajstić information content (AvgIpc) is 3.95. The van der Waals surface area contributed by atoms with Crippen LogP contribution in [-0.4, -0.2) is 87.4 Å². The molecule has 4 fully saturated rings. The van der Waals surface area contributed by atoms with E-state index in [9.17, 15) is 28.8 Å². The molecule has 2 heterocycles. The second kappa shape index (κ2) is 15.0. The third kappa shape index (κ3) is 8.24. The molecule has 3 saturated carbocycles. The first-order valence-electron chi connectivity index (χ1n) is 18.1. The Hall–Kier alpha value is -4.16. The van der Waals surface area contributed by atoms with Crippen molar-refractivity contribution in [3.05, 3.63) is 36.9 Å². The van der Waals surface area contributed by atoms with Gasteiger partial charge in [-0.15, -0.1) is 6.58 Å². The van der Waals surface area contributed by atoms with Gasteiger partial charge in [-0.3, -0.25) is 33.8 Å². The fourth-order valence-corrected chi connectivity index (χ4v) is 7.94. The van der Waals surface area contributed by atoms with Crippen LogP contribution in [0.3, 0.4) is 0 Å². The first-order chi connectivity index (χ1) is 23.6. The highest BCUT2D eigenvalue weighted by molar-refractivity contribution is 6.38. The number of nitrogens with one attached hydrogen (secondary N) is 4. The van der Waals surface area contributed by atoms with Crippen LogP contribution >= 0.6 is 0 Å². The summed E-state index contributed by atoms with van der Waals surface area (Å²) in [5.74, 6) is -3.31. The number of fused-ring (bicyclic) bond motifs is 1. The SMILES string of the molecule is C=CCNC(=O)C(=O)[C@H](CC1CC1)NC(=O)[C@@H]1[C@@H]2[C@H](CN1C(=O)[C@@H](NC(=O)[C@@H](NC(=O)c1cnccn1)C1CCCCC1)C(C)(C)C)C2(C)C. The average molecular weight is 692 g/mol. The Balaban J connectivity index is 1.36. The largest absolute Gasteiger partial charge is 0.346 e. The number of rotatable bonds is 14. The van der Waals surface area contributed by atoms with Gasteiger partial charge in [0.15, 0.2) is 0 Å². The van der Waals surface area contributed by atoms with Crippen LogP contribution < -0.4 is 21.3 Å². The Morgan fingerprint density at radius 1 is 1.00 bits per heavy atom. The first kappa shape index (κ1) is 37.1. The molecule has 13 heteroatoms. The van der Waals surface area contributed by atoms with Crippen LogP contribution in [0.1, 0.15) is 96.5 Å². The van der Waals surface area contributed by atoms with Gasteiger partial charge in [0, 0.05) is 25.5 Å². The molecule has 6 atom stereocenters. The Morgan fingerprint density at radius 2 is 1.70 bits per heavy atom. The number of amides is 5. The molecule has 0 unspecified atom stereocenters. The molecule has 13 nitrogen and oxygen atoms in total. The highest BCUT2D eigenvalue weighted by atomic mass is 16.2. The van der Waals surface area contributed by atoms with Crippen molar-refractivity contribution in [1.29, 1.82) is 0 Å². The number of nitrogens with zero attached hydrogens (tertiary/aromatic N) is 3. The van der Waals surface area contributed by atoms with Crippen molar-refractivity contribution in [2.24, 2.45) is 34.5 Å². The molecule has 4 N–H and O–H groups in total. The summed E-state index contributed by atoms with van der Waals surface area (Å²) in [5.41, 5.74) is -0.864. The predicted octanol–water partition coefficient (Wildman–Crippen LogP) is 2.33. The smallest absolute Gasteiger partial charge is 0.289 e. The summed E-state index contributed by atoms with van der Waals surface area (Å²) in [7, 11) is 0. The third-order valence-corrected chi connectivity index (χ3v) is 11.2. The number of carbonyl (C=O) groups excluding carboxylic acids is 6. The van der Waals surface area contributed by atoms with Crippen LogP contribution in [-0.2, 0) is 24.0 Å². The lowest BCUT2D eigenvalue weighted by Gasteiger charge is -2.39. The van der Waals surface area contributed by atoms with E-state index in [1.165, 1.54) is 24.7 Å². The lowest BCUT2D eigenvalue weighted by molar-refractivity contribution is -0.147. The van der Waals surface area contributed by atoms with Gasteiger partial charge in [0.25, 0.3) is 11.8 Å². The molecule has 272 valence electrons. The molecule has 0 bridgehead atoms. The topological polar surface area (TPSA) is 180 Å². The van der Waals surface area contributed by atoms with Crippen molar-refractivity contribution < 1.29 is 28.8 Å². The van der Waals surface area contributed by atoms with Crippen molar-refractivity contribution in [3.8, 4) is 0 Å². The standard InChI is InChI=1S/C37H53N7O6/c1-7-15-40-34(49)29(45)24(18-21-13-14-21)41-33(48)28-26-23(37(26,5)6)20-44(28)35(50)30(36(2,3)4)43-32(47)27(22-11-9-8-10-12-22)42-31(46)25-19-38-16-17-39-25/h7,16-17,19,21-24,26-28,30H,1,8-15,18,20H2,2-6H3,(H,40,49)(H,41,48)(H,42,46)(H,43,47)/t23-,24-,26-,27-,28-,30+/m0/s1. The quantitative estimate of drug-likeness (QED) is 0.170. The van der Waals surface area contributed by atoms with Crippen LogP contribution in [0.2, 0.25) is 0 Å². The molecular weight excluding hydrogens is 638 g/mol. The number of aromatic nitrogens is 2. The van der Waals surface area contributed by atoms with Crippen LogP contribution in [0, 0.1) is 34.5 Å². The van der Waals surface area contributed by atoms with E-state index in [1.807, 2.05) is 20.8 Å². The molecule has 1 aliphatic heterocycles. The summed E-state index contributed by atoms with van der Waals surface area (Å²) in [6.45, 7) is 13.7. The maximum atomic E-state index is 14.6. The minimum absolute atomic E-state index is 0.0632. The molecule has 5 amide bonds. The molecule has 50 heavy (non-hydrogen) atoms. The van der Waals surface area contributed by atoms with E-state index in [2.05, 4.69) is 51.7 Å². The van der Waals surface area contributed by atoms with E-state index in [0.717, 1.165) is 44.9 Å². The van der Waals surface area contributed by atoms with E-state index in [1.54, 1.807) is 4.90 Å². The molecule has 0 radical (unpaired) electrons. The lowest BCUT2D eigenvalue weighted by atomic mass is 9.82. The Bertz CT molecular complexity index is 1480. The van der Waals surface area contributed by atoms with Gasteiger partial charge in [0.1, 0.15) is 23.8 Å². The lowest BCUT2D eigenvalue weighted by Crippen LogP contribution is -2.63. The summed E-state index contributed by atoms with van der Waals surface area (Å²) in [5, 5.41) is 11.3. The van der Waals surface area contributed by atoms with Gasteiger partial charge in [-0.05, 0) is 53.8 Å².